The lowest BCUT2D eigenvalue weighted by molar-refractivity contribution is 0.565. The fourth-order valence-electron chi connectivity index (χ4n) is 1.47. The minimum absolute atomic E-state index is 0.285. The molecule has 1 aromatic rings. The predicted octanol–water partition coefficient (Wildman–Crippen LogP) is 3.76. The summed E-state index contributed by atoms with van der Waals surface area (Å²) in [7, 11) is 0. The van der Waals surface area contributed by atoms with Gasteiger partial charge in [-0.15, -0.1) is 0 Å². The van der Waals surface area contributed by atoms with Crippen molar-refractivity contribution in [3.63, 3.8) is 0 Å². The molecule has 0 aromatic carbocycles. The second-order valence-corrected chi connectivity index (χ2v) is 5.64. The van der Waals surface area contributed by atoms with Gasteiger partial charge in [0, 0.05) is 18.8 Å². The minimum Gasteiger partial charge on any atom is -0.353 e. The van der Waals surface area contributed by atoms with Crippen LogP contribution in [0, 0.1) is 5.92 Å². The van der Waals surface area contributed by atoms with Gasteiger partial charge in [0.15, 0.2) is 0 Å². The third-order valence-corrected chi connectivity index (χ3v) is 2.89. The van der Waals surface area contributed by atoms with Gasteiger partial charge in [-0.05, 0) is 47.3 Å². The lowest BCUT2D eigenvalue weighted by Gasteiger charge is -2.30. The highest BCUT2D eigenvalue weighted by atomic mass is 79.9. The van der Waals surface area contributed by atoms with Gasteiger partial charge in [-0.1, -0.05) is 13.8 Å². The summed E-state index contributed by atoms with van der Waals surface area (Å²) in [6.45, 7) is 9.61. The molecule has 90 valence electrons. The summed E-state index contributed by atoms with van der Waals surface area (Å²) in [5.41, 5.74) is 0. The first-order valence-electron chi connectivity index (χ1n) is 5.36. The number of nitrogens with zero attached hydrogens (tertiary/aromatic N) is 3. The summed E-state index contributed by atoms with van der Waals surface area (Å²) in [4.78, 5) is 10.4. The molecule has 0 radical (unpaired) electrons. The zero-order valence-corrected chi connectivity index (χ0v) is 12.4. The molecule has 5 heteroatoms. The maximum absolute atomic E-state index is 5.83. The SMILES string of the molecule is CC(C)CN(c1nc(Cl)ncc1Br)C(C)C. The van der Waals surface area contributed by atoms with E-state index in [0.29, 0.717) is 12.0 Å². The van der Waals surface area contributed by atoms with Crippen LogP contribution in [-0.2, 0) is 0 Å². The van der Waals surface area contributed by atoms with E-state index >= 15 is 0 Å². The first-order chi connectivity index (χ1) is 7.41. The lowest BCUT2D eigenvalue weighted by Crippen LogP contribution is -2.35. The maximum Gasteiger partial charge on any atom is 0.224 e. The predicted molar refractivity (Wildman–Crippen MR) is 72.1 cm³/mol. The fraction of sp³-hybridized carbons (Fsp3) is 0.636. The highest BCUT2D eigenvalue weighted by Crippen LogP contribution is 2.26. The first-order valence-corrected chi connectivity index (χ1v) is 6.53. The Bertz CT molecular complexity index is 355. The molecule has 0 unspecified atom stereocenters. The monoisotopic (exact) mass is 305 g/mol. The van der Waals surface area contributed by atoms with Crippen molar-refractivity contribution in [2.75, 3.05) is 11.4 Å². The Labute approximate surface area is 110 Å². The Morgan fingerprint density at radius 1 is 1.38 bits per heavy atom. The molecular formula is C11H17BrClN3. The molecule has 1 aromatic heterocycles. The summed E-state index contributed by atoms with van der Waals surface area (Å²) in [5, 5.41) is 0.285. The number of hydrogen-bond acceptors (Lipinski definition) is 3. The van der Waals surface area contributed by atoms with Crippen LogP contribution in [0.1, 0.15) is 27.7 Å². The molecule has 0 bridgehead atoms. The van der Waals surface area contributed by atoms with Crippen LogP contribution in [-0.4, -0.2) is 22.6 Å². The molecule has 0 saturated carbocycles. The average molecular weight is 307 g/mol. The van der Waals surface area contributed by atoms with Crippen LogP contribution in [0.15, 0.2) is 10.7 Å². The number of rotatable bonds is 4. The number of halogens is 2. The van der Waals surface area contributed by atoms with E-state index < -0.39 is 0 Å². The summed E-state index contributed by atoms with van der Waals surface area (Å²) < 4.78 is 0.881. The summed E-state index contributed by atoms with van der Waals surface area (Å²) in [6.07, 6.45) is 1.69. The molecule has 0 aliphatic carbocycles. The van der Waals surface area contributed by atoms with E-state index in [1.54, 1.807) is 6.20 Å². The van der Waals surface area contributed by atoms with Crippen molar-refractivity contribution in [2.24, 2.45) is 5.92 Å². The molecule has 0 spiro atoms. The topological polar surface area (TPSA) is 29.0 Å². The molecule has 0 atom stereocenters. The number of hydrogen-bond donors (Lipinski definition) is 0. The van der Waals surface area contributed by atoms with Gasteiger partial charge in [0.1, 0.15) is 5.82 Å². The van der Waals surface area contributed by atoms with Crippen LogP contribution in [0.25, 0.3) is 0 Å². The van der Waals surface area contributed by atoms with E-state index in [1.165, 1.54) is 0 Å². The van der Waals surface area contributed by atoms with Gasteiger partial charge in [-0.25, -0.2) is 4.98 Å². The third-order valence-electron chi connectivity index (χ3n) is 2.15. The standard InChI is InChI=1S/C11H17BrClN3/c1-7(2)6-16(8(3)4)10-9(12)5-14-11(13)15-10/h5,7-8H,6H2,1-4H3. The summed E-state index contributed by atoms with van der Waals surface area (Å²) in [6, 6.07) is 0.379. The average Bonchev–Trinajstić information content (AvgIpc) is 2.18. The zero-order valence-electron chi connectivity index (χ0n) is 10.0. The van der Waals surface area contributed by atoms with E-state index in [2.05, 4.69) is 58.5 Å². The molecule has 16 heavy (non-hydrogen) atoms. The Kier molecular flexibility index (Phi) is 4.99. The van der Waals surface area contributed by atoms with Gasteiger partial charge in [0.2, 0.25) is 5.28 Å². The van der Waals surface area contributed by atoms with Crippen LogP contribution < -0.4 is 4.90 Å². The van der Waals surface area contributed by atoms with Crippen LogP contribution in [0.5, 0.6) is 0 Å². The van der Waals surface area contributed by atoms with Gasteiger partial charge < -0.3 is 4.90 Å². The van der Waals surface area contributed by atoms with Gasteiger partial charge in [0.25, 0.3) is 0 Å². The lowest BCUT2D eigenvalue weighted by atomic mass is 10.2. The Hall–Kier alpha value is -0.350. The van der Waals surface area contributed by atoms with Crippen LogP contribution in [0.2, 0.25) is 5.28 Å². The molecule has 0 amide bonds. The van der Waals surface area contributed by atoms with Crippen LogP contribution in [0.3, 0.4) is 0 Å². The van der Waals surface area contributed by atoms with Crippen molar-refractivity contribution < 1.29 is 0 Å². The van der Waals surface area contributed by atoms with E-state index in [4.69, 9.17) is 11.6 Å². The van der Waals surface area contributed by atoms with Crippen molar-refractivity contribution in [1.82, 2.24) is 9.97 Å². The molecule has 1 rings (SSSR count). The highest BCUT2D eigenvalue weighted by molar-refractivity contribution is 9.10. The number of aromatic nitrogens is 2. The van der Waals surface area contributed by atoms with Crippen molar-refractivity contribution in [3.8, 4) is 0 Å². The normalized spacial score (nSPS) is 11.2. The van der Waals surface area contributed by atoms with E-state index in [-0.39, 0.29) is 5.28 Å². The Morgan fingerprint density at radius 2 is 2.00 bits per heavy atom. The summed E-state index contributed by atoms with van der Waals surface area (Å²) in [5.74, 6) is 1.44. The van der Waals surface area contributed by atoms with Crippen molar-refractivity contribution in [1.29, 1.82) is 0 Å². The van der Waals surface area contributed by atoms with Crippen molar-refractivity contribution >= 4 is 33.3 Å². The van der Waals surface area contributed by atoms with Crippen molar-refractivity contribution in [2.45, 2.75) is 33.7 Å². The molecule has 0 N–H and O–H groups in total. The van der Waals surface area contributed by atoms with Crippen molar-refractivity contribution in [3.05, 3.63) is 16.0 Å². The first kappa shape index (κ1) is 13.7. The van der Waals surface area contributed by atoms with Crippen LogP contribution >= 0.6 is 27.5 Å². The van der Waals surface area contributed by atoms with E-state index in [1.807, 2.05) is 0 Å². The van der Waals surface area contributed by atoms with Crippen LogP contribution in [0.4, 0.5) is 5.82 Å². The Morgan fingerprint density at radius 3 is 2.50 bits per heavy atom. The minimum atomic E-state index is 0.285. The zero-order chi connectivity index (χ0) is 12.3. The fourth-order valence-corrected chi connectivity index (χ4v) is 2.02. The molecular weight excluding hydrogens is 289 g/mol. The molecule has 0 saturated heterocycles. The molecule has 0 fully saturated rings. The van der Waals surface area contributed by atoms with E-state index in [0.717, 1.165) is 16.8 Å². The Balaban J connectivity index is 3.05. The second-order valence-electron chi connectivity index (χ2n) is 4.45. The van der Waals surface area contributed by atoms with Gasteiger partial charge in [-0.3, -0.25) is 0 Å². The van der Waals surface area contributed by atoms with Gasteiger partial charge in [-0.2, -0.15) is 4.98 Å². The maximum atomic E-state index is 5.83. The smallest absolute Gasteiger partial charge is 0.224 e. The number of anilines is 1. The summed E-state index contributed by atoms with van der Waals surface area (Å²) >= 11 is 9.30. The molecule has 3 nitrogen and oxygen atoms in total. The molecule has 0 aliphatic rings. The quantitative estimate of drug-likeness (QED) is 0.793. The molecule has 1 heterocycles. The molecule has 0 aliphatic heterocycles. The van der Waals surface area contributed by atoms with E-state index in [9.17, 15) is 0 Å². The third kappa shape index (κ3) is 3.59. The largest absolute Gasteiger partial charge is 0.353 e. The second kappa shape index (κ2) is 5.82. The van der Waals surface area contributed by atoms with Gasteiger partial charge >= 0.3 is 0 Å². The highest BCUT2D eigenvalue weighted by Gasteiger charge is 2.17. The van der Waals surface area contributed by atoms with Gasteiger partial charge in [0.05, 0.1) is 4.47 Å².